The summed E-state index contributed by atoms with van der Waals surface area (Å²) >= 11 is 0. The summed E-state index contributed by atoms with van der Waals surface area (Å²) in [6.45, 7) is 10.7. The molecule has 2 saturated carbocycles. The van der Waals surface area contributed by atoms with Crippen molar-refractivity contribution >= 4 is 0 Å². The highest BCUT2D eigenvalue weighted by atomic mass is 16.7. The van der Waals surface area contributed by atoms with Gasteiger partial charge >= 0.3 is 0 Å². The molecule has 2 heterocycles. The van der Waals surface area contributed by atoms with E-state index < -0.39 is 0 Å². The van der Waals surface area contributed by atoms with Crippen LogP contribution in [0.1, 0.15) is 116 Å². The maximum atomic E-state index is 6.49. The van der Waals surface area contributed by atoms with Crippen LogP contribution in [0.3, 0.4) is 0 Å². The molecule has 190 valence electrons. The molecule has 2 unspecified atom stereocenters. The van der Waals surface area contributed by atoms with Crippen LogP contribution in [0.25, 0.3) is 0 Å². The molecular formula is C30H46O4. The van der Waals surface area contributed by atoms with Crippen molar-refractivity contribution in [3.8, 4) is 0 Å². The average molecular weight is 471 g/mol. The van der Waals surface area contributed by atoms with Gasteiger partial charge in [-0.05, 0) is 86.2 Å². The Hall–Kier alpha value is -0.940. The van der Waals surface area contributed by atoms with Crippen LogP contribution in [0, 0.1) is 10.8 Å². The Morgan fingerprint density at radius 2 is 1.00 bits per heavy atom. The van der Waals surface area contributed by atoms with Crippen molar-refractivity contribution in [3.63, 3.8) is 0 Å². The van der Waals surface area contributed by atoms with E-state index in [1.54, 1.807) is 0 Å². The predicted molar refractivity (Wildman–Crippen MR) is 134 cm³/mol. The third-order valence-electron chi connectivity index (χ3n) is 9.43. The molecule has 0 amide bonds. The summed E-state index contributed by atoms with van der Waals surface area (Å²) in [6, 6.07) is 8.50. The van der Waals surface area contributed by atoms with Gasteiger partial charge in [-0.1, -0.05) is 52.0 Å². The van der Waals surface area contributed by atoms with Crippen LogP contribution < -0.4 is 0 Å². The van der Waals surface area contributed by atoms with Crippen LogP contribution in [-0.2, 0) is 32.2 Å². The summed E-state index contributed by atoms with van der Waals surface area (Å²) in [5.41, 5.74) is 3.44. The number of hydrogen-bond donors (Lipinski definition) is 0. The molecule has 2 aliphatic carbocycles. The lowest BCUT2D eigenvalue weighted by Crippen LogP contribution is -2.37. The molecule has 2 saturated heterocycles. The van der Waals surface area contributed by atoms with Crippen LogP contribution in [0.5, 0.6) is 0 Å². The summed E-state index contributed by atoms with van der Waals surface area (Å²) in [5, 5.41) is 0. The summed E-state index contributed by atoms with van der Waals surface area (Å²) < 4.78 is 25.5. The van der Waals surface area contributed by atoms with Gasteiger partial charge in [0.25, 0.3) is 0 Å². The van der Waals surface area contributed by atoms with Crippen molar-refractivity contribution in [2.45, 2.75) is 142 Å². The Balaban J connectivity index is 1.10. The first-order valence-corrected chi connectivity index (χ1v) is 13.8. The normalized spacial score (nSPS) is 31.3. The first-order valence-electron chi connectivity index (χ1n) is 13.8. The summed E-state index contributed by atoms with van der Waals surface area (Å²) in [7, 11) is 0. The predicted octanol–water partition coefficient (Wildman–Crippen LogP) is 7.67. The largest absolute Gasteiger partial charge is 0.348 e. The number of benzene rings is 1. The van der Waals surface area contributed by atoms with E-state index in [0.29, 0.717) is 24.0 Å². The van der Waals surface area contributed by atoms with Crippen molar-refractivity contribution in [1.82, 2.24) is 0 Å². The molecule has 4 heteroatoms. The maximum absolute atomic E-state index is 6.49. The average Bonchev–Trinajstić information content (AvgIpc) is 3.41. The number of ether oxygens (including phenoxy) is 4. The molecular weight excluding hydrogens is 424 g/mol. The number of hydrogen-bond acceptors (Lipinski definition) is 4. The van der Waals surface area contributed by atoms with Gasteiger partial charge in [-0.3, -0.25) is 0 Å². The second kappa shape index (κ2) is 9.50. The maximum Gasteiger partial charge on any atom is 0.158 e. The summed E-state index contributed by atoms with van der Waals surface area (Å²) in [5.74, 6) is 0. The van der Waals surface area contributed by atoms with E-state index in [0.717, 1.165) is 25.7 Å². The molecule has 1 aromatic carbocycles. The molecule has 1 aromatic rings. The zero-order chi connectivity index (χ0) is 23.9. The Labute approximate surface area is 207 Å². The fraction of sp³-hybridized carbons (Fsp3) is 0.800. The topological polar surface area (TPSA) is 36.9 Å². The fourth-order valence-electron chi connectivity index (χ4n) is 6.49. The molecule has 4 fully saturated rings. The van der Waals surface area contributed by atoms with Crippen LogP contribution in [0.15, 0.2) is 24.3 Å². The van der Waals surface area contributed by atoms with E-state index in [4.69, 9.17) is 18.9 Å². The van der Waals surface area contributed by atoms with E-state index in [2.05, 4.69) is 52.0 Å². The van der Waals surface area contributed by atoms with Gasteiger partial charge in [-0.15, -0.1) is 0 Å². The Morgan fingerprint density at radius 1 is 0.618 bits per heavy atom. The third kappa shape index (κ3) is 5.72. The van der Waals surface area contributed by atoms with Gasteiger partial charge in [0.2, 0.25) is 0 Å². The minimum Gasteiger partial charge on any atom is -0.348 e. The second-order valence-corrected chi connectivity index (χ2v) is 13.3. The van der Waals surface area contributed by atoms with Crippen molar-refractivity contribution in [2.24, 2.45) is 10.8 Å². The molecule has 34 heavy (non-hydrogen) atoms. The van der Waals surface area contributed by atoms with Crippen molar-refractivity contribution in [1.29, 1.82) is 0 Å². The van der Waals surface area contributed by atoms with E-state index in [1.165, 1.54) is 62.5 Å². The Morgan fingerprint density at radius 3 is 1.38 bits per heavy atom. The molecule has 2 aliphatic heterocycles. The van der Waals surface area contributed by atoms with Crippen molar-refractivity contribution in [3.05, 3.63) is 35.4 Å². The molecule has 0 radical (unpaired) electrons. The third-order valence-corrected chi connectivity index (χ3v) is 9.43. The Bertz CT molecular complexity index is 755. The smallest absolute Gasteiger partial charge is 0.158 e. The minimum absolute atomic E-state index is 0.0624. The van der Waals surface area contributed by atoms with Gasteiger partial charge in [0.1, 0.15) is 0 Å². The lowest BCUT2D eigenvalue weighted by molar-refractivity contribution is -0.190. The SMILES string of the molecule is CC1(C)CCC2(CCC(OCc3ccccc3COC3CCC4(CCC(C)(C)CC4)O3)O2)CC1. The molecule has 2 spiro atoms. The first kappa shape index (κ1) is 24.7. The van der Waals surface area contributed by atoms with Gasteiger partial charge in [0.05, 0.1) is 24.4 Å². The molecule has 2 atom stereocenters. The highest BCUT2D eigenvalue weighted by molar-refractivity contribution is 5.25. The summed E-state index contributed by atoms with van der Waals surface area (Å²) in [6.07, 6.45) is 13.8. The standard InChI is InChI=1S/C30H46O4/c1-27(2)13-17-29(18-14-27)11-9-25(33-29)31-21-23-7-5-6-8-24(23)22-32-26-10-12-30(34-26)19-15-28(3,4)16-20-30/h5-8,25-26H,9-22H2,1-4H3. The van der Waals surface area contributed by atoms with E-state index in [1.807, 2.05) is 0 Å². The van der Waals surface area contributed by atoms with E-state index in [-0.39, 0.29) is 23.8 Å². The van der Waals surface area contributed by atoms with Gasteiger partial charge in [-0.25, -0.2) is 0 Å². The van der Waals surface area contributed by atoms with Crippen LogP contribution >= 0.6 is 0 Å². The number of rotatable bonds is 6. The first-order chi connectivity index (χ1) is 16.2. The highest BCUT2D eigenvalue weighted by Gasteiger charge is 2.46. The fourth-order valence-corrected chi connectivity index (χ4v) is 6.49. The van der Waals surface area contributed by atoms with Crippen molar-refractivity contribution in [2.75, 3.05) is 0 Å². The van der Waals surface area contributed by atoms with E-state index >= 15 is 0 Å². The van der Waals surface area contributed by atoms with Gasteiger partial charge in [-0.2, -0.15) is 0 Å². The summed E-state index contributed by atoms with van der Waals surface area (Å²) in [4.78, 5) is 0. The molecule has 5 rings (SSSR count). The lowest BCUT2D eigenvalue weighted by atomic mass is 9.70. The van der Waals surface area contributed by atoms with Gasteiger partial charge < -0.3 is 18.9 Å². The second-order valence-electron chi connectivity index (χ2n) is 13.3. The molecule has 0 bridgehead atoms. The van der Waals surface area contributed by atoms with Gasteiger partial charge in [0.15, 0.2) is 12.6 Å². The molecule has 0 aromatic heterocycles. The zero-order valence-electron chi connectivity index (χ0n) is 22.0. The zero-order valence-corrected chi connectivity index (χ0v) is 22.0. The lowest BCUT2D eigenvalue weighted by Gasteiger charge is -2.41. The highest BCUT2D eigenvalue weighted by Crippen LogP contribution is 2.49. The molecule has 0 N–H and O–H groups in total. The van der Waals surface area contributed by atoms with Crippen LogP contribution in [-0.4, -0.2) is 23.8 Å². The van der Waals surface area contributed by atoms with Crippen LogP contribution in [0.4, 0.5) is 0 Å². The minimum atomic E-state index is -0.0798. The van der Waals surface area contributed by atoms with Gasteiger partial charge in [0, 0.05) is 12.8 Å². The van der Waals surface area contributed by atoms with E-state index in [9.17, 15) is 0 Å². The Kier molecular flexibility index (Phi) is 6.91. The van der Waals surface area contributed by atoms with Crippen molar-refractivity contribution < 1.29 is 18.9 Å². The molecule has 4 aliphatic rings. The monoisotopic (exact) mass is 470 g/mol. The quantitative estimate of drug-likeness (QED) is 0.427. The van der Waals surface area contributed by atoms with Crippen LogP contribution in [0.2, 0.25) is 0 Å². The molecule has 4 nitrogen and oxygen atoms in total.